The van der Waals surface area contributed by atoms with Gasteiger partial charge in [-0.15, -0.1) is 0 Å². The van der Waals surface area contributed by atoms with Gasteiger partial charge >= 0.3 is 6.16 Å². The molecule has 0 spiro atoms. The molecule has 1 heterocycles. The lowest BCUT2D eigenvalue weighted by atomic mass is 9.48. The van der Waals surface area contributed by atoms with Gasteiger partial charge in [-0.2, -0.15) is 0 Å². The van der Waals surface area contributed by atoms with Crippen LogP contribution >= 0.6 is 0 Å². The van der Waals surface area contributed by atoms with Gasteiger partial charge in [-0.05, 0) is 92.2 Å². The number of carbonyl (C=O) groups is 2. The maximum Gasteiger partial charge on any atom is 0.513 e. The quantitative estimate of drug-likeness (QED) is 0.499. The maximum absolute atomic E-state index is 12.0. The number of carbonyl (C=O) groups excluding carboxylic acids is 2. The molecule has 1 aromatic carbocycles. The Hall–Kier alpha value is -2.30. The Morgan fingerprint density at radius 3 is 2.69 bits per heavy atom. The molecular formula is C27H35NO4. The third kappa shape index (κ3) is 3.64. The number of amides is 1. The van der Waals surface area contributed by atoms with Crippen LogP contribution in [0, 0.1) is 34.5 Å². The zero-order valence-electron chi connectivity index (χ0n) is 19.2. The number of benzene rings is 1. The van der Waals surface area contributed by atoms with E-state index in [2.05, 4.69) is 25.2 Å². The molecule has 3 aliphatic carbocycles. The van der Waals surface area contributed by atoms with Crippen molar-refractivity contribution in [2.45, 2.75) is 64.8 Å². The lowest BCUT2D eigenvalue weighted by Crippen LogP contribution is -2.59. The Morgan fingerprint density at radius 2 is 1.88 bits per heavy atom. The number of para-hydroxylation sites is 1. The van der Waals surface area contributed by atoms with Crippen LogP contribution in [0.5, 0.6) is 5.75 Å². The van der Waals surface area contributed by atoms with Crippen LogP contribution in [0.15, 0.2) is 42.5 Å². The zero-order chi connectivity index (χ0) is 22.3. The summed E-state index contributed by atoms with van der Waals surface area (Å²) in [5.74, 6) is 3.27. The van der Waals surface area contributed by atoms with E-state index in [1.807, 2.05) is 18.2 Å². The molecule has 4 aliphatic rings. The van der Waals surface area contributed by atoms with E-state index in [1.54, 1.807) is 18.2 Å². The van der Waals surface area contributed by atoms with Gasteiger partial charge in [0, 0.05) is 11.5 Å². The minimum absolute atomic E-state index is 0.0679. The fraction of sp³-hybridized carbons (Fsp3) is 0.630. The number of rotatable bonds is 4. The van der Waals surface area contributed by atoms with Gasteiger partial charge < -0.3 is 14.8 Å². The van der Waals surface area contributed by atoms with Crippen molar-refractivity contribution in [2.24, 2.45) is 34.5 Å². The van der Waals surface area contributed by atoms with Gasteiger partial charge in [-0.3, -0.25) is 4.79 Å². The third-order valence-corrected chi connectivity index (χ3v) is 9.51. The summed E-state index contributed by atoms with van der Waals surface area (Å²) < 4.78 is 10.7. The molecule has 1 N–H and O–H groups in total. The lowest BCUT2D eigenvalue weighted by Gasteiger charge is -2.59. The van der Waals surface area contributed by atoms with Crippen LogP contribution in [0.3, 0.4) is 0 Å². The van der Waals surface area contributed by atoms with E-state index in [0.29, 0.717) is 29.6 Å². The van der Waals surface area contributed by atoms with Crippen molar-refractivity contribution in [1.82, 2.24) is 5.32 Å². The topological polar surface area (TPSA) is 64.6 Å². The minimum Gasteiger partial charge on any atom is -0.434 e. The average Bonchev–Trinajstić information content (AvgIpc) is 3.11. The SMILES string of the molecule is C[C@]12C=CC(=O)NC1CCC1C2CC[C@@]2(C)C1CC[C@@H]2CCOC(=O)Oc1ccccc1. The summed E-state index contributed by atoms with van der Waals surface area (Å²) in [4.78, 5) is 24.0. The molecule has 0 bridgehead atoms. The predicted molar refractivity (Wildman–Crippen MR) is 122 cm³/mol. The molecule has 5 nitrogen and oxygen atoms in total. The highest BCUT2D eigenvalue weighted by molar-refractivity contribution is 5.89. The molecule has 1 aromatic rings. The molecule has 1 amide bonds. The fourth-order valence-corrected chi connectivity index (χ4v) is 7.82. The van der Waals surface area contributed by atoms with Crippen molar-refractivity contribution in [3.8, 4) is 5.75 Å². The summed E-state index contributed by atoms with van der Waals surface area (Å²) in [6, 6.07) is 9.35. The molecule has 32 heavy (non-hydrogen) atoms. The second-order valence-electron chi connectivity index (χ2n) is 10.8. The molecular weight excluding hydrogens is 402 g/mol. The van der Waals surface area contributed by atoms with E-state index in [1.165, 1.54) is 32.1 Å². The van der Waals surface area contributed by atoms with E-state index < -0.39 is 6.16 Å². The number of fused-ring (bicyclic) bond motifs is 5. The first kappa shape index (κ1) is 21.5. The molecule has 0 saturated heterocycles. The van der Waals surface area contributed by atoms with Crippen molar-refractivity contribution < 1.29 is 19.1 Å². The summed E-state index contributed by atoms with van der Waals surface area (Å²) in [6.45, 7) is 5.27. The summed E-state index contributed by atoms with van der Waals surface area (Å²) >= 11 is 0. The van der Waals surface area contributed by atoms with Gasteiger partial charge in [0.05, 0.1) is 6.61 Å². The summed E-state index contributed by atoms with van der Waals surface area (Å²) in [6.07, 6.45) is 11.5. The first-order chi connectivity index (χ1) is 15.4. The molecule has 3 saturated carbocycles. The molecule has 7 atom stereocenters. The molecule has 5 rings (SSSR count). The summed E-state index contributed by atoms with van der Waals surface area (Å²) in [5, 5.41) is 3.24. The Bertz CT molecular complexity index is 898. The average molecular weight is 438 g/mol. The Labute approximate surface area is 190 Å². The van der Waals surface area contributed by atoms with Gasteiger partial charge in [0.1, 0.15) is 5.75 Å². The summed E-state index contributed by atoms with van der Waals surface area (Å²) in [7, 11) is 0. The van der Waals surface area contributed by atoms with E-state index in [9.17, 15) is 9.59 Å². The van der Waals surface area contributed by atoms with Gasteiger partial charge in [0.25, 0.3) is 0 Å². The van der Waals surface area contributed by atoms with Crippen LogP contribution in [-0.4, -0.2) is 24.7 Å². The van der Waals surface area contributed by atoms with Crippen LogP contribution in [-0.2, 0) is 9.53 Å². The van der Waals surface area contributed by atoms with Crippen LogP contribution < -0.4 is 10.1 Å². The van der Waals surface area contributed by atoms with E-state index >= 15 is 0 Å². The number of hydrogen-bond acceptors (Lipinski definition) is 4. The van der Waals surface area contributed by atoms with Crippen molar-refractivity contribution >= 4 is 12.1 Å². The van der Waals surface area contributed by atoms with Gasteiger partial charge in [0.2, 0.25) is 5.91 Å². The second kappa shape index (κ2) is 8.24. The highest BCUT2D eigenvalue weighted by Crippen LogP contribution is 2.65. The molecule has 0 radical (unpaired) electrons. The fourth-order valence-electron chi connectivity index (χ4n) is 7.82. The first-order valence-corrected chi connectivity index (χ1v) is 12.3. The monoisotopic (exact) mass is 437 g/mol. The molecule has 5 heteroatoms. The number of hydrogen-bond donors (Lipinski definition) is 1. The van der Waals surface area contributed by atoms with Crippen molar-refractivity contribution in [3.63, 3.8) is 0 Å². The number of nitrogens with one attached hydrogen (secondary N) is 1. The zero-order valence-corrected chi connectivity index (χ0v) is 19.2. The molecule has 172 valence electrons. The Morgan fingerprint density at radius 1 is 1.06 bits per heavy atom. The second-order valence-corrected chi connectivity index (χ2v) is 10.8. The van der Waals surface area contributed by atoms with Crippen molar-refractivity contribution in [3.05, 3.63) is 42.5 Å². The molecule has 1 aliphatic heterocycles. The van der Waals surface area contributed by atoms with E-state index in [4.69, 9.17) is 9.47 Å². The Balaban J connectivity index is 1.20. The van der Waals surface area contributed by atoms with Crippen molar-refractivity contribution in [2.75, 3.05) is 6.61 Å². The molecule has 3 fully saturated rings. The molecule has 0 aromatic heterocycles. The first-order valence-electron chi connectivity index (χ1n) is 12.3. The van der Waals surface area contributed by atoms with Gasteiger partial charge in [-0.1, -0.05) is 38.1 Å². The Kier molecular flexibility index (Phi) is 5.55. The lowest BCUT2D eigenvalue weighted by molar-refractivity contribution is -0.122. The van der Waals surface area contributed by atoms with Crippen LogP contribution in [0.25, 0.3) is 0 Å². The molecule has 4 unspecified atom stereocenters. The van der Waals surface area contributed by atoms with Crippen LogP contribution in [0.2, 0.25) is 0 Å². The normalized spacial score (nSPS) is 39.9. The highest BCUT2D eigenvalue weighted by Gasteiger charge is 2.59. The highest BCUT2D eigenvalue weighted by atomic mass is 16.7. The van der Waals surface area contributed by atoms with Gasteiger partial charge in [0.15, 0.2) is 0 Å². The van der Waals surface area contributed by atoms with Gasteiger partial charge in [-0.25, -0.2) is 4.79 Å². The van der Waals surface area contributed by atoms with Crippen LogP contribution in [0.4, 0.5) is 4.79 Å². The minimum atomic E-state index is -0.614. The standard InChI is InChI=1S/C27H35NO4/c1-26-15-12-22-20(9-11-23-27(22,2)16-13-24(29)28-23)21(26)10-8-18(26)14-17-31-25(30)32-19-6-4-3-5-7-19/h3-7,13,16,18,20-23H,8-12,14-15,17H2,1-2H3,(H,28,29)/t18-,20?,21?,22?,23?,26-,27-/m1/s1. The largest absolute Gasteiger partial charge is 0.513 e. The van der Waals surface area contributed by atoms with Crippen LogP contribution in [0.1, 0.15) is 58.8 Å². The van der Waals surface area contributed by atoms with E-state index in [0.717, 1.165) is 24.7 Å². The van der Waals surface area contributed by atoms with Crippen molar-refractivity contribution in [1.29, 1.82) is 0 Å². The smallest absolute Gasteiger partial charge is 0.434 e. The van der Waals surface area contributed by atoms with E-state index in [-0.39, 0.29) is 17.4 Å². The summed E-state index contributed by atoms with van der Waals surface area (Å²) in [5.41, 5.74) is 0.402. The third-order valence-electron chi connectivity index (χ3n) is 9.51. The predicted octanol–water partition coefficient (Wildman–Crippen LogP) is 5.51. The number of ether oxygens (including phenoxy) is 2. The maximum atomic E-state index is 12.0.